The summed E-state index contributed by atoms with van der Waals surface area (Å²) < 4.78 is 2.10. The van der Waals surface area contributed by atoms with Crippen LogP contribution in [0, 0.1) is 12.8 Å². The number of carbonyl (C=O) groups is 1. The van der Waals surface area contributed by atoms with Crippen molar-refractivity contribution >= 4 is 51.7 Å². The Labute approximate surface area is 214 Å². The van der Waals surface area contributed by atoms with Crippen LogP contribution in [-0.2, 0) is 11.2 Å². The van der Waals surface area contributed by atoms with Crippen LogP contribution in [0.15, 0.2) is 58.4 Å². The number of nitrogens with zero attached hydrogens (tertiary/aromatic N) is 4. The standard InChI is InChI=1S/C27H28N4O2S2/c1-18-10-14-29(15-11-18)24-21(25(32)30-13-6-7-19(2)23(30)28-24)17-22-26(33)31(27(34)35-22)16-12-20-8-4-3-5-9-20/h3-9,13,17-18H,10-12,14-16H2,1-2H3/b22-17+. The molecular formula is C27H28N4O2S2. The van der Waals surface area contributed by atoms with Crippen LogP contribution in [0.4, 0.5) is 5.82 Å². The van der Waals surface area contributed by atoms with Gasteiger partial charge in [0, 0.05) is 25.8 Å². The zero-order valence-electron chi connectivity index (χ0n) is 19.9. The number of rotatable bonds is 5. The molecule has 0 N–H and O–H groups in total. The largest absolute Gasteiger partial charge is 0.356 e. The number of fused-ring (bicyclic) bond motifs is 1. The van der Waals surface area contributed by atoms with Gasteiger partial charge in [0.1, 0.15) is 15.8 Å². The smallest absolute Gasteiger partial charge is 0.267 e. The highest BCUT2D eigenvalue weighted by Gasteiger charge is 2.33. The minimum atomic E-state index is -0.165. The van der Waals surface area contributed by atoms with Crippen molar-refractivity contribution in [2.45, 2.75) is 33.1 Å². The highest BCUT2D eigenvalue weighted by Crippen LogP contribution is 2.34. The molecule has 5 rings (SSSR count). The monoisotopic (exact) mass is 504 g/mol. The summed E-state index contributed by atoms with van der Waals surface area (Å²) >= 11 is 6.80. The Morgan fingerprint density at radius 2 is 1.86 bits per heavy atom. The SMILES string of the molecule is Cc1cccn2c(=O)c(/C=C3/SC(=S)N(CCc4ccccc4)C3=O)c(N3CCC(C)CC3)nc12. The van der Waals surface area contributed by atoms with Gasteiger partial charge in [-0.25, -0.2) is 4.98 Å². The van der Waals surface area contributed by atoms with Gasteiger partial charge in [-0.05, 0) is 55.4 Å². The van der Waals surface area contributed by atoms with Gasteiger partial charge in [-0.3, -0.25) is 18.9 Å². The van der Waals surface area contributed by atoms with Gasteiger partial charge in [0.05, 0.1) is 10.5 Å². The number of amides is 1. The molecule has 4 heterocycles. The number of carbonyl (C=O) groups excluding carboxylic acids is 1. The van der Waals surface area contributed by atoms with Gasteiger partial charge in [-0.15, -0.1) is 0 Å². The number of thiocarbonyl (C=S) groups is 1. The molecule has 2 saturated heterocycles. The van der Waals surface area contributed by atoms with E-state index in [9.17, 15) is 9.59 Å². The number of aryl methyl sites for hydroxylation is 1. The van der Waals surface area contributed by atoms with Gasteiger partial charge >= 0.3 is 0 Å². The number of benzene rings is 1. The predicted octanol–water partition coefficient (Wildman–Crippen LogP) is 4.68. The molecule has 8 heteroatoms. The first kappa shape index (κ1) is 23.8. The van der Waals surface area contributed by atoms with Gasteiger partial charge < -0.3 is 4.90 Å². The summed E-state index contributed by atoms with van der Waals surface area (Å²) in [6.07, 6.45) is 6.27. The fraction of sp³-hybridized carbons (Fsp3) is 0.333. The number of anilines is 1. The molecule has 6 nitrogen and oxygen atoms in total. The first-order chi connectivity index (χ1) is 16.9. The van der Waals surface area contributed by atoms with Gasteiger partial charge in [0.15, 0.2) is 0 Å². The van der Waals surface area contributed by atoms with Crippen molar-refractivity contribution in [3.8, 4) is 0 Å². The molecule has 2 aliphatic heterocycles. The van der Waals surface area contributed by atoms with E-state index in [1.807, 2.05) is 49.4 Å². The van der Waals surface area contributed by atoms with Crippen LogP contribution in [-0.4, -0.2) is 44.1 Å². The zero-order chi connectivity index (χ0) is 24.5. The van der Waals surface area contributed by atoms with E-state index in [2.05, 4.69) is 11.8 Å². The second-order valence-corrected chi connectivity index (χ2v) is 11.0. The lowest BCUT2D eigenvalue weighted by Gasteiger charge is -2.32. The molecule has 0 saturated carbocycles. The Hall–Kier alpha value is -2.97. The Morgan fingerprint density at radius 1 is 1.11 bits per heavy atom. The number of pyridine rings is 1. The fourth-order valence-electron chi connectivity index (χ4n) is 4.60. The number of piperidine rings is 1. The molecule has 180 valence electrons. The maximum atomic E-state index is 13.7. The minimum absolute atomic E-state index is 0.150. The maximum Gasteiger partial charge on any atom is 0.267 e. The highest BCUT2D eigenvalue weighted by atomic mass is 32.2. The number of hydrogen-bond donors (Lipinski definition) is 0. The van der Waals surface area contributed by atoms with Gasteiger partial charge in [-0.2, -0.15) is 0 Å². The summed E-state index contributed by atoms with van der Waals surface area (Å²) in [7, 11) is 0. The molecule has 0 aliphatic carbocycles. The summed E-state index contributed by atoms with van der Waals surface area (Å²) in [5.74, 6) is 1.16. The van der Waals surface area contributed by atoms with Gasteiger partial charge in [-0.1, -0.05) is 67.3 Å². The molecule has 0 bridgehead atoms. The van der Waals surface area contributed by atoms with Gasteiger partial charge in [0.2, 0.25) is 0 Å². The van der Waals surface area contributed by atoms with Crippen LogP contribution in [0.1, 0.15) is 36.5 Å². The number of aromatic nitrogens is 2. The van der Waals surface area contributed by atoms with Crippen LogP contribution in [0.2, 0.25) is 0 Å². The zero-order valence-corrected chi connectivity index (χ0v) is 21.6. The normalized spacial score (nSPS) is 18.3. The first-order valence-electron chi connectivity index (χ1n) is 12.0. The molecule has 0 radical (unpaired) electrons. The third-order valence-electron chi connectivity index (χ3n) is 6.76. The van der Waals surface area contributed by atoms with E-state index < -0.39 is 0 Å². The number of hydrogen-bond acceptors (Lipinski definition) is 6. The second-order valence-electron chi connectivity index (χ2n) is 9.28. The van der Waals surface area contributed by atoms with Crippen LogP contribution < -0.4 is 10.5 Å². The Morgan fingerprint density at radius 3 is 2.60 bits per heavy atom. The molecule has 0 unspecified atom stereocenters. The van der Waals surface area contributed by atoms with Crippen molar-refractivity contribution in [3.63, 3.8) is 0 Å². The molecule has 2 aromatic heterocycles. The third-order valence-corrected chi connectivity index (χ3v) is 8.14. The molecule has 1 amide bonds. The van der Waals surface area contributed by atoms with Crippen molar-refractivity contribution in [1.82, 2.24) is 14.3 Å². The second kappa shape index (κ2) is 9.95. The third kappa shape index (κ3) is 4.77. The lowest BCUT2D eigenvalue weighted by Crippen LogP contribution is -2.36. The minimum Gasteiger partial charge on any atom is -0.356 e. The maximum absolute atomic E-state index is 13.7. The van der Waals surface area contributed by atoms with E-state index in [0.29, 0.717) is 38.7 Å². The predicted molar refractivity (Wildman–Crippen MR) is 147 cm³/mol. The molecule has 1 aromatic carbocycles. The van der Waals surface area contributed by atoms with E-state index in [0.717, 1.165) is 43.5 Å². The average Bonchev–Trinajstić information content (AvgIpc) is 3.13. The van der Waals surface area contributed by atoms with E-state index in [-0.39, 0.29) is 11.5 Å². The van der Waals surface area contributed by atoms with E-state index >= 15 is 0 Å². The summed E-state index contributed by atoms with van der Waals surface area (Å²) in [5, 5.41) is 0. The van der Waals surface area contributed by atoms with Crippen molar-refractivity contribution < 1.29 is 4.79 Å². The molecule has 2 aliphatic rings. The van der Waals surface area contributed by atoms with Crippen LogP contribution in [0.25, 0.3) is 11.7 Å². The fourth-order valence-corrected chi connectivity index (χ4v) is 5.89. The van der Waals surface area contributed by atoms with E-state index in [1.165, 1.54) is 11.8 Å². The number of thioether (sulfide) groups is 1. The lowest BCUT2D eigenvalue weighted by atomic mass is 9.99. The quantitative estimate of drug-likeness (QED) is 0.371. The Bertz CT molecular complexity index is 1380. The molecule has 0 spiro atoms. The molecule has 35 heavy (non-hydrogen) atoms. The first-order valence-corrected chi connectivity index (χ1v) is 13.2. The Kier molecular flexibility index (Phi) is 6.75. The van der Waals surface area contributed by atoms with Crippen LogP contribution in [0.5, 0.6) is 0 Å². The summed E-state index contributed by atoms with van der Waals surface area (Å²) in [5.41, 5.74) is 3.03. The highest BCUT2D eigenvalue weighted by molar-refractivity contribution is 8.26. The summed E-state index contributed by atoms with van der Waals surface area (Å²) in [6.45, 7) is 6.41. The van der Waals surface area contributed by atoms with Crippen molar-refractivity contribution in [2.75, 3.05) is 24.5 Å². The van der Waals surface area contributed by atoms with Crippen molar-refractivity contribution in [2.24, 2.45) is 5.92 Å². The van der Waals surface area contributed by atoms with Crippen molar-refractivity contribution in [1.29, 1.82) is 0 Å². The van der Waals surface area contributed by atoms with Crippen LogP contribution in [0.3, 0.4) is 0 Å². The lowest BCUT2D eigenvalue weighted by molar-refractivity contribution is -0.122. The molecule has 3 aromatic rings. The van der Waals surface area contributed by atoms with E-state index in [1.54, 1.807) is 21.6 Å². The van der Waals surface area contributed by atoms with E-state index in [4.69, 9.17) is 17.2 Å². The summed E-state index contributed by atoms with van der Waals surface area (Å²) in [6, 6.07) is 13.9. The molecular weight excluding hydrogens is 476 g/mol. The van der Waals surface area contributed by atoms with Gasteiger partial charge in [0.25, 0.3) is 11.5 Å². The molecule has 0 atom stereocenters. The van der Waals surface area contributed by atoms with Crippen LogP contribution >= 0.6 is 24.0 Å². The molecule has 2 fully saturated rings. The topological polar surface area (TPSA) is 57.9 Å². The summed E-state index contributed by atoms with van der Waals surface area (Å²) in [4.78, 5) is 36.2. The average molecular weight is 505 g/mol. The Balaban J connectivity index is 1.52. The van der Waals surface area contributed by atoms with Crippen molar-refractivity contribution in [3.05, 3.63) is 80.6 Å².